The van der Waals surface area contributed by atoms with Crippen LogP contribution in [0.3, 0.4) is 0 Å². The van der Waals surface area contributed by atoms with Crippen molar-refractivity contribution in [2.45, 2.75) is 55.7 Å². The molecule has 11 heteroatoms. The van der Waals surface area contributed by atoms with Crippen LogP contribution >= 0.6 is 0 Å². The van der Waals surface area contributed by atoms with Gasteiger partial charge in [0.25, 0.3) is 5.69 Å². The van der Waals surface area contributed by atoms with Gasteiger partial charge in [0.2, 0.25) is 10.0 Å². The van der Waals surface area contributed by atoms with Crippen molar-refractivity contribution in [3.63, 3.8) is 0 Å². The summed E-state index contributed by atoms with van der Waals surface area (Å²) in [6.45, 7) is 5.31. The third-order valence-electron chi connectivity index (χ3n) is 6.15. The first-order valence-corrected chi connectivity index (χ1v) is 13.0. The lowest BCUT2D eigenvalue weighted by Gasteiger charge is -2.45. The Morgan fingerprint density at radius 3 is 2.42 bits per heavy atom. The van der Waals surface area contributed by atoms with Crippen molar-refractivity contribution in [3.8, 4) is 0 Å². The van der Waals surface area contributed by atoms with Gasteiger partial charge in [0.05, 0.1) is 27.0 Å². The van der Waals surface area contributed by atoms with Crippen LogP contribution in [0.2, 0.25) is 0 Å². The second-order valence-electron chi connectivity index (χ2n) is 10.1. The highest BCUT2D eigenvalue weighted by Crippen LogP contribution is 2.49. The van der Waals surface area contributed by atoms with Crippen LogP contribution in [-0.4, -0.2) is 58.9 Å². The smallest absolute Gasteiger partial charge is 0.410 e. The minimum Gasteiger partial charge on any atom is -0.444 e. The number of amides is 1. The van der Waals surface area contributed by atoms with Crippen LogP contribution in [0.25, 0.3) is 6.08 Å². The summed E-state index contributed by atoms with van der Waals surface area (Å²) in [5.74, 6) is -0.807. The second-order valence-corrected chi connectivity index (χ2v) is 11.9. The molecule has 2 fully saturated rings. The van der Waals surface area contributed by atoms with Crippen LogP contribution in [-0.2, 0) is 14.8 Å². The molecule has 2 aliphatic rings. The van der Waals surface area contributed by atoms with Crippen molar-refractivity contribution in [2.75, 3.05) is 13.1 Å². The van der Waals surface area contributed by atoms with Crippen LogP contribution in [0.5, 0.6) is 0 Å². The van der Waals surface area contributed by atoms with Gasteiger partial charge in [-0.15, -0.1) is 0 Å². The number of halogens is 1. The van der Waals surface area contributed by atoms with Crippen molar-refractivity contribution in [1.82, 2.24) is 9.21 Å². The van der Waals surface area contributed by atoms with Gasteiger partial charge in [-0.2, -0.15) is 4.31 Å². The van der Waals surface area contributed by atoms with Gasteiger partial charge in [0.1, 0.15) is 11.4 Å². The topological polar surface area (TPSA) is 110 Å². The average Bonchev–Trinajstić information content (AvgIpc) is 3.55. The Hall–Kier alpha value is -3.31. The lowest BCUT2D eigenvalue weighted by Crippen LogP contribution is -2.62. The Labute approximate surface area is 209 Å². The largest absolute Gasteiger partial charge is 0.444 e. The van der Waals surface area contributed by atoms with E-state index in [1.54, 1.807) is 39.0 Å². The molecule has 0 radical (unpaired) electrons. The number of carbonyl (C=O) groups excluding carboxylic acids is 1. The predicted molar refractivity (Wildman–Crippen MR) is 131 cm³/mol. The number of hydrogen-bond donors (Lipinski definition) is 0. The lowest BCUT2D eigenvalue weighted by atomic mass is 10.1. The normalized spacial score (nSPS) is 20.0. The van der Waals surface area contributed by atoms with E-state index in [9.17, 15) is 27.7 Å². The van der Waals surface area contributed by atoms with Gasteiger partial charge in [-0.1, -0.05) is 30.3 Å². The zero-order chi connectivity index (χ0) is 26.3. The Morgan fingerprint density at radius 2 is 1.83 bits per heavy atom. The van der Waals surface area contributed by atoms with E-state index in [4.69, 9.17) is 4.74 Å². The third kappa shape index (κ3) is 5.12. The molecule has 1 spiro atoms. The number of rotatable bonds is 5. The molecule has 2 aromatic carbocycles. The maximum Gasteiger partial charge on any atom is 0.410 e. The second kappa shape index (κ2) is 9.29. The van der Waals surface area contributed by atoms with Crippen LogP contribution in [0, 0.1) is 15.9 Å². The Kier molecular flexibility index (Phi) is 6.65. The van der Waals surface area contributed by atoms with Gasteiger partial charge in [-0.3, -0.25) is 10.1 Å². The van der Waals surface area contributed by atoms with E-state index in [-0.39, 0.29) is 23.5 Å². The van der Waals surface area contributed by atoms with E-state index in [1.807, 2.05) is 0 Å². The minimum absolute atomic E-state index is 0.0541. The van der Waals surface area contributed by atoms with Crippen molar-refractivity contribution in [3.05, 3.63) is 76.1 Å². The van der Waals surface area contributed by atoms with Gasteiger partial charge >= 0.3 is 6.09 Å². The minimum atomic E-state index is -4.01. The molecule has 0 bridgehead atoms. The molecule has 1 aliphatic carbocycles. The van der Waals surface area contributed by atoms with Crippen LogP contribution < -0.4 is 0 Å². The summed E-state index contributed by atoms with van der Waals surface area (Å²) in [6.07, 6.45) is 3.12. The summed E-state index contributed by atoms with van der Waals surface area (Å²) in [4.78, 5) is 25.2. The fourth-order valence-corrected chi connectivity index (χ4v) is 6.44. The maximum atomic E-state index is 14.5. The van der Waals surface area contributed by atoms with Crippen LogP contribution in [0.4, 0.5) is 14.9 Å². The van der Waals surface area contributed by atoms with Crippen LogP contribution in [0.1, 0.15) is 39.2 Å². The zero-order valence-corrected chi connectivity index (χ0v) is 21.1. The van der Waals surface area contributed by atoms with E-state index in [0.717, 1.165) is 6.07 Å². The molecule has 1 atom stereocenters. The maximum absolute atomic E-state index is 14.5. The molecule has 192 valence electrons. The Morgan fingerprint density at radius 1 is 1.17 bits per heavy atom. The first-order chi connectivity index (χ1) is 16.8. The fraction of sp³-hybridized carbons (Fsp3) is 0.400. The highest BCUT2D eigenvalue weighted by molar-refractivity contribution is 7.89. The van der Waals surface area contributed by atoms with Gasteiger partial charge in [-0.25, -0.2) is 17.6 Å². The highest BCUT2D eigenvalue weighted by Gasteiger charge is 2.59. The number of nitro groups is 1. The molecule has 0 unspecified atom stereocenters. The van der Waals surface area contributed by atoms with Gasteiger partial charge < -0.3 is 9.64 Å². The quantitative estimate of drug-likeness (QED) is 0.424. The summed E-state index contributed by atoms with van der Waals surface area (Å²) in [5.41, 5.74) is -2.30. The van der Waals surface area contributed by atoms with Crippen molar-refractivity contribution < 1.29 is 27.3 Å². The average molecular weight is 518 g/mol. The van der Waals surface area contributed by atoms with Crippen LogP contribution in [0.15, 0.2) is 59.5 Å². The molecule has 0 aromatic heterocycles. The first kappa shape index (κ1) is 25.8. The first-order valence-electron chi connectivity index (χ1n) is 11.5. The molecule has 1 amide bonds. The number of sulfonamides is 1. The molecule has 4 rings (SSSR count). The lowest BCUT2D eigenvalue weighted by molar-refractivity contribution is -0.385. The molecule has 1 aliphatic heterocycles. The number of nitrogens with zero attached hydrogens (tertiary/aromatic N) is 3. The molecule has 2 aromatic rings. The molecule has 1 heterocycles. The summed E-state index contributed by atoms with van der Waals surface area (Å²) < 4.78 is 49.0. The molecular weight excluding hydrogens is 489 g/mol. The number of ether oxygens (including phenoxy) is 1. The summed E-state index contributed by atoms with van der Waals surface area (Å²) in [5, 5.41) is 11.5. The predicted octanol–water partition coefficient (Wildman–Crippen LogP) is 4.59. The van der Waals surface area contributed by atoms with Gasteiger partial charge in [-0.05, 0) is 57.9 Å². The SMILES string of the molecule is CC(C)(C)OC(=O)N1C[C@H](C=Cc2c(F)cccc2[N+](=O)[O-])N(S(=O)(=O)c2ccccc2)C2(CC2)C1. The van der Waals surface area contributed by atoms with E-state index in [1.165, 1.54) is 45.6 Å². The molecule has 1 saturated heterocycles. The molecule has 0 N–H and O–H groups in total. The third-order valence-corrected chi connectivity index (χ3v) is 8.20. The van der Waals surface area contributed by atoms with Gasteiger partial charge in [0, 0.05) is 19.2 Å². The highest BCUT2D eigenvalue weighted by atomic mass is 32.2. The van der Waals surface area contributed by atoms with Crippen molar-refractivity contribution >= 4 is 27.9 Å². The molecule has 9 nitrogen and oxygen atoms in total. The summed E-state index contributed by atoms with van der Waals surface area (Å²) >= 11 is 0. The zero-order valence-electron chi connectivity index (χ0n) is 20.3. The Balaban J connectivity index is 1.78. The number of carbonyl (C=O) groups is 1. The van der Waals surface area contributed by atoms with E-state index < -0.39 is 49.7 Å². The standard InChI is InChI=1S/C25H28FN3O6S/c1-24(2,3)35-23(30)27-16-18(12-13-20-21(26)10-7-11-22(20)29(31)32)28(25(17-27)14-15-25)36(33,34)19-8-5-4-6-9-19/h4-13,18H,14-17H2,1-3H3/t18-/m0/s1. The monoisotopic (exact) mass is 517 g/mol. The molecule has 1 saturated carbocycles. The number of piperazine rings is 1. The van der Waals surface area contributed by atoms with Crippen molar-refractivity contribution in [1.29, 1.82) is 0 Å². The van der Waals surface area contributed by atoms with Gasteiger partial charge in [0.15, 0.2) is 0 Å². The summed E-state index contributed by atoms with van der Waals surface area (Å²) in [7, 11) is -4.01. The van der Waals surface area contributed by atoms with E-state index >= 15 is 0 Å². The fourth-order valence-electron chi connectivity index (χ4n) is 4.46. The number of hydrogen-bond acceptors (Lipinski definition) is 6. The van der Waals surface area contributed by atoms with Crippen molar-refractivity contribution in [2.24, 2.45) is 0 Å². The van der Waals surface area contributed by atoms with E-state index in [2.05, 4.69) is 0 Å². The molecular formula is C25H28FN3O6S. The summed E-state index contributed by atoms with van der Waals surface area (Å²) in [6, 6.07) is 10.6. The molecule has 36 heavy (non-hydrogen) atoms. The van der Waals surface area contributed by atoms with E-state index in [0.29, 0.717) is 12.8 Å². The Bertz CT molecular complexity index is 1300. The number of nitro benzene ring substituents is 1. The number of benzene rings is 2.